The summed E-state index contributed by atoms with van der Waals surface area (Å²) in [5, 5.41) is 36.2. The van der Waals surface area contributed by atoms with Gasteiger partial charge in [-0.25, -0.2) is 0 Å². The highest BCUT2D eigenvalue weighted by Crippen LogP contribution is 2.21. The molecule has 480 valence electrons. The van der Waals surface area contributed by atoms with Crippen molar-refractivity contribution in [1.82, 2.24) is 57.7 Å². The second-order valence-electron chi connectivity index (χ2n) is 25.7. The topological polar surface area (TPSA) is 315 Å². The lowest BCUT2D eigenvalue weighted by molar-refractivity contribution is -0.140. The fourth-order valence-electron chi connectivity index (χ4n) is 9.58. The van der Waals surface area contributed by atoms with Crippen LogP contribution in [-0.2, 0) is 52.7 Å². The van der Waals surface area contributed by atoms with Crippen molar-refractivity contribution in [2.45, 2.75) is 240 Å². The van der Waals surface area contributed by atoms with Crippen molar-refractivity contribution in [2.24, 2.45) is 23.7 Å². The average Bonchev–Trinajstić information content (AvgIpc) is 4.08. The van der Waals surface area contributed by atoms with E-state index in [1.54, 1.807) is 13.8 Å². The maximum absolute atomic E-state index is 14.3. The van der Waals surface area contributed by atoms with E-state index >= 15 is 0 Å². The first kappa shape index (κ1) is 74.4. The summed E-state index contributed by atoms with van der Waals surface area (Å²) in [4.78, 5) is 142. The van der Waals surface area contributed by atoms with E-state index in [9.17, 15) is 53.1 Å². The summed E-state index contributed by atoms with van der Waals surface area (Å²) in [6.45, 7) is 30.0. The van der Waals surface area contributed by atoms with Crippen LogP contribution in [0.15, 0.2) is 12.2 Å². The molecule has 2 aliphatic rings. The monoisotopic (exact) mass is 1190 g/mol. The van der Waals surface area contributed by atoms with Gasteiger partial charge < -0.3 is 62.6 Å². The molecule has 0 aliphatic carbocycles. The fraction of sp³-hybridized carbons (Fsp3) is 0.803. The zero-order chi connectivity index (χ0) is 63.5. The Labute approximate surface area is 501 Å². The number of aliphatic hydroxyl groups is 1. The minimum Gasteiger partial charge on any atom is -0.390 e. The summed E-state index contributed by atoms with van der Waals surface area (Å²) >= 11 is 0. The highest BCUT2D eigenvalue weighted by atomic mass is 16.5. The van der Waals surface area contributed by atoms with Crippen LogP contribution < -0.4 is 47.9 Å². The molecule has 0 aromatic carbocycles. The van der Waals surface area contributed by atoms with Crippen LogP contribution in [-0.4, -0.2) is 179 Å². The summed E-state index contributed by atoms with van der Waals surface area (Å²) in [6, 6.07) is -5.93. The van der Waals surface area contributed by atoms with Gasteiger partial charge in [0.2, 0.25) is 59.1 Å². The van der Waals surface area contributed by atoms with Crippen LogP contribution in [0.25, 0.3) is 0 Å². The van der Waals surface area contributed by atoms with E-state index in [1.807, 2.05) is 47.6 Å². The first-order valence-electron chi connectivity index (χ1n) is 31.0. The van der Waals surface area contributed by atoms with Gasteiger partial charge in [0, 0.05) is 45.7 Å². The molecule has 0 aromatic heterocycles. The van der Waals surface area contributed by atoms with Crippen LogP contribution in [0.4, 0.5) is 0 Å². The van der Waals surface area contributed by atoms with Crippen LogP contribution >= 0.6 is 0 Å². The van der Waals surface area contributed by atoms with Gasteiger partial charge in [-0.2, -0.15) is 0 Å². The van der Waals surface area contributed by atoms with Crippen molar-refractivity contribution in [3.05, 3.63) is 12.2 Å². The molecule has 23 heteroatoms. The van der Waals surface area contributed by atoms with Crippen molar-refractivity contribution in [3.8, 4) is 0 Å². The summed E-state index contributed by atoms with van der Waals surface area (Å²) in [5.74, 6) is -6.78. The molecule has 2 rings (SSSR count). The number of nitrogens with one attached hydrogen (secondary N) is 9. The number of amides is 10. The average molecular weight is 1190 g/mol. The lowest BCUT2D eigenvalue weighted by Gasteiger charge is -2.34. The van der Waals surface area contributed by atoms with Crippen LogP contribution in [0, 0.1) is 23.7 Å². The van der Waals surface area contributed by atoms with E-state index in [-0.39, 0.29) is 61.8 Å². The Morgan fingerprint density at radius 3 is 1.76 bits per heavy atom. The van der Waals surface area contributed by atoms with Crippen molar-refractivity contribution >= 4 is 59.1 Å². The summed E-state index contributed by atoms with van der Waals surface area (Å²) in [6.07, 6.45) is 9.65. The van der Waals surface area contributed by atoms with Gasteiger partial charge in [-0.3, -0.25) is 52.8 Å². The van der Waals surface area contributed by atoms with Gasteiger partial charge in [-0.1, -0.05) is 113 Å². The number of morpholine rings is 1. The zero-order valence-electron chi connectivity index (χ0n) is 53.6. The predicted molar refractivity (Wildman–Crippen MR) is 323 cm³/mol. The Morgan fingerprint density at radius 2 is 1.17 bits per heavy atom. The number of carbonyl (C=O) groups is 10. The molecule has 2 saturated heterocycles. The number of carbonyl (C=O) groups excluding carboxylic acids is 10. The molecule has 0 spiro atoms. The van der Waals surface area contributed by atoms with E-state index in [0.29, 0.717) is 52.1 Å². The Hall–Kier alpha value is -5.68. The van der Waals surface area contributed by atoms with Gasteiger partial charge in [0.05, 0.1) is 19.3 Å². The van der Waals surface area contributed by atoms with E-state index < -0.39 is 106 Å². The molecule has 84 heavy (non-hydrogen) atoms. The summed E-state index contributed by atoms with van der Waals surface area (Å²) < 4.78 is 5.35. The predicted octanol–water partition coefficient (Wildman–Crippen LogP) is 3.02. The van der Waals surface area contributed by atoms with E-state index in [2.05, 4.69) is 59.7 Å². The molecule has 7 atom stereocenters. The molecule has 0 radical (unpaired) electrons. The number of aliphatic hydroxyl groups excluding tert-OH is 1. The zero-order valence-corrected chi connectivity index (χ0v) is 53.6. The first-order chi connectivity index (χ1) is 39.3. The van der Waals surface area contributed by atoms with Gasteiger partial charge in [0.15, 0.2) is 0 Å². The van der Waals surface area contributed by atoms with Crippen LogP contribution in [0.2, 0.25) is 0 Å². The molecule has 10 amide bonds. The smallest absolute Gasteiger partial charge is 0.246 e. The Bertz CT molecular complexity index is 2190. The minimum absolute atomic E-state index is 0.0258. The Balaban J connectivity index is 2.23. The third-order valence-corrected chi connectivity index (χ3v) is 15.3. The van der Waals surface area contributed by atoms with Crippen LogP contribution in [0.5, 0.6) is 0 Å². The Kier molecular flexibility index (Phi) is 32.2. The van der Waals surface area contributed by atoms with Crippen molar-refractivity contribution < 1.29 is 57.8 Å². The Morgan fingerprint density at radius 1 is 0.607 bits per heavy atom. The lowest BCUT2D eigenvalue weighted by atomic mass is 9.95. The molecule has 2 aliphatic heterocycles. The molecule has 23 nitrogen and oxygen atoms in total. The first-order valence-corrected chi connectivity index (χ1v) is 31.0. The maximum Gasteiger partial charge on any atom is 0.246 e. The molecule has 0 saturated carbocycles. The highest BCUT2D eigenvalue weighted by Gasteiger charge is 2.42. The number of rotatable bonds is 37. The normalized spacial score (nSPS) is 17.4. The fourth-order valence-corrected chi connectivity index (χ4v) is 9.58. The summed E-state index contributed by atoms with van der Waals surface area (Å²) in [5.41, 5.74) is -4.82. The van der Waals surface area contributed by atoms with Gasteiger partial charge in [-0.15, -0.1) is 0 Å². The molecule has 10 N–H and O–H groups in total. The third kappa shape index (κ3) is 26.3. The second kappa shape index (κ2) is 36.3. The highest BCUT2D eigenvalue weighted by molar-refractivity contribution is 6.00. The molecule has 0 bridgehead atoms. The molecular formula is C61H109N11O12. The lowest BCUT2D eigenvalue weighted by Crippen LogP contribution is -2.66. The minimum atomic E-state index is -1.76. The van der Waals surface area contributed by atoms with Gasteiger partial charge in [-0.05, 0) is 103 Å². The van der Waals surface area contributed by atoms with Gasteiger partial charge in [0.25, 0.3) is 0 Å². The molecule has 0 aromatic rings. The molecule has 0 unspecified atom stereocenters. The third-order valence-electron chi connectivity index (χ3n) is 15.3. The summed E-state index contributed by atoms with van der Waals surface area (Å²) in [7, 11) is 0. The van der Waals surface area contributed by atoms with Gasteiger partial charge >= 0.3 is 0 Å². The number of nitrogens with zero attached hydrogens (tertiary/aromatic N) is 2. The molecule has 2 heterocycles. The maximum atomic E-state index is 14.3. The standard InChI is InChI=1S/C61H109N11O12/c1-16-18-19-20-21-22-24-43(64-54(79)46-25-23-31-72(46)48(74)27-26-42(9)17-2)51(76)67-49(50(75)41(7)8)55(80)69-60(12,13)57(82)66-44(37-39(3)4)52(77)65-45(38-40(5)6)53(78)68-61(14,15)58(83)70-59(10,11)56(81)63-29-28-47(73)62-30-32-71-33-35-84-36-34-71/h26-27,39-46,49-50,75H,16-25,28-38H2,1-15H3,(H,62,73)(H,63,81)(H,64,79)(H,65,77)(H,66,82)(H,67,76)(H,68,78)(H,69,80)(H,70,83)/b27-26+/t42-,43-,44-,45-,46-,49-,50+/m0/s1. The van der Waals surface area contributed by atoms with Crippen LogP contribution in [0.3, 0.4) is 0 Å². The van der Waals surface area contributed by atoms with Gasteiger partial charge in [0.1, 0.15) is 46.8 Å². The van der Waals surface area contributed by atoms with Crippen molar-refractivity contribution in [2.75, 3.05) is 52.5 Å². The largest absolute Gasteiger partial charge is 0.390 e. The quantitative estimate of drug-likeness (QED) is 0.0317. The van der Waals surface area contributed by atoms with E-state index in [1.165, 1.54) is 52.5 Å². The number of unbranched alkanes of at least 4 members (excludes halogenated alkanes) is 5. The number of likely N-dealkylation sites (tertiary alicyclic amines) is 1. The number of hydrogen-bond donors (Lipinski definition) is 10. The SMILES string of the molecule is CCCCCCCC[C@H](NC(=O)[C@@H]1CCCN1C(=O)/C=C/[C@@H](C)CC)C(=O)N[C@H](C(=O)NC(C)(C)C(=O)N[C@@H](CC(C)C)C(=O)N[C@@H](CC(C)C)C(=O)NC(C)(C)C(=O)NC(C)(C)C(=O)NCCC(=O)NCCN1CCOCC1)[C@H](O)C(C)C. The van der Waals surface area contributed by atoms with E-state index in [4.69, 9.17) is 4.74 Å². The second-order valence-corrected chi connectivity index (χ2v) is 25.7. The van der Waals surface area contributed by atoms with Crippen LogP contribution in [0.1, 0.15) is 187 Å². The van der Waals surface area contributed by atoms with E-state index in [0.717, 1.165) is 51.6 Å². The molecule has 2 fully saturated rings. The van der Waals surface area contributed by atoms with Crippen molar-refractivity contribution in [3.63, 3.8) is 0 Å². The van der Waals surface area contributed by atoms with Crippen molar-refractivity contribution in [1.29, 1.82) is 0 Å². The number of hydrogen-bond acceptors (Lipinski definition) is 13. The molecular weight excluding hydrogens is 1080 g/mol. The number of allylic oxidation sites excluding steroid dienone is 1. The number of ether oxygens (including phenoxy) is 1.